The molecule has 0 bridgehead atoms. The van der Waals surface area contributed by atoms with E-state index in [2.05, 4.69) is 169 Å². The quantitative estimate of drug-likeness (QED) is 0.186. The first-order valence-corrected chi connectivity index (χ1v) is 17.4. The third kappa shape index (κ3) is 4.70. The number of anilines is 3. The van der Waals surface area contributed by atoms with Crippen molar-refractivity contribution >= 4 is 81.3 Å². The molecule has 10 aromatic rings. The first kappa shape index (κ1) is 27.9. The SMILES string of the molecule is c1cc(-c2ccc3ccccc3c2)cc(N(c2ccc(-c3ccc4sc5ccccc5c4c3)cc2)c2cccc3oc4ccccc4c23)c1. The van der Waals surface area contributed by atoms with Crippen LogP contribution in [0.2, 0.25) is 0 Å². The van der Waals surface area contributed by atoms with Crippen LogP contribution in [0.4, 0.5) is 17.1 Å². The van der Waals surface area contributed by atoms with Gasteiger partial charge in [0.15, 0.2) is 0 Å². The van der Waals surface area contributed by atoms with Gasteiger partial charge >= 0.3 is 0 Å². The molecule has 2 aromatic heterocycles. The van der Waals surface area contributed by atoms with E-state index in [1.54, 1.807) is 0 Å². The lowest BCUT2D eigenvalue weighted by Gasteiger charge is -2.27. The lowest BCUT2D eigenvalue weighted by molar-refractivity contribution is 0.669. The number of rotatable bonds is 5. The van der Waals surface area contributed by atoms with Crippen molar-refractivity contribution in [2.75, 3.05) is 4.90 Å². The smallest absolute Gasteiger partial charge is 0.137 e. The van der Waals surface area contributed by atoms with E-state index < -0.39 is 0 Å². The van der Waals surface area contributed by atoms with Crippen molar-refractivity contribution in [2.45, 2.75) is 0 Å². The molecule has 0 saturated heterocycles. The summed E-state index contributed by atoms with van der Waals surface area (Å²) in [6, 6.07) is 63.3. The molecule has 0 aliphatic rings. The molecule has 0 atom stereocenters. The lowest BCUT2D eigenvalue weighted by atomic mass is 9.99. The van der Waals surface area contributed by atoms with E-state index in [0.29, 0.717) is 0 Å². The van der Waals surface area contributed by atoms with E-state index >= 15 is 0 Å². The predicted molar refractivity (Wildman–Crippen MR) is 210 cm³/mol. The Labute approximate surface area is 287 Å². The van der Waals surface area contributed by atoms with Crippen LogP contribution < -0.4 is 4.90 Å². The number of hydrogen-bond donors (Lipinski definition) is 0. The molecule has 49 heavy (non-hydrogen) atoms. The lowest BCUT2D eigenvalue weighted by Crippen LogP contribution is -2.10. The summed E-state index contributed by atoms with van der Waals surface area (Å²) in [5.74, 6) is 0. The molecule has 2 nitrogen and oxygen atoms in total. The van der Waals surface area contributed by atoms with Crippen LogP contribution in [-0.2, 0) is 0 Å². The summed E-state index contributed by atoms with van der Waals surface area (Å²) < 4.78 is 9.00. The van der Waals surface area contributed by atoms with Crippen LogP contribution in [0.1, 0.15) is 0 Å². The molecule has 0 radical (unpaired) electrons. The maximum atomic E-state index is 6.36. The average molecular weight is 644 g/mol. The van der Waals surface area contributed by atoms with Crippen LogP contribution in [0.25, 0.3) is 75.1 Å². The summed E-state index contributed by atoms with van der Waals surface area (Å²) in [7, 11) is 0. The normalized spacial score (nSPS) is 11.7. The fourth-order valence-corrected chi connectivity index (χ4v) is 8.36. The summed E-state index contributed by atoms with van der Waals surface area (Å²) in [6.45, 7) is 0. The fourth-order valence-electron chi connectivity index (χ4n) is 7.27. The number of benzene rings is 8. The van der Waals surface area contributed by atoms with Gasteiger partial charge < -0.3 is 9.32 Å². The Balaban J connectivity index is 1.13. The largest absolute Gasteiger partial charge is 0.456 e. The summed E-state index contributed by atoms with van der Waals surface area (Å²) in [4.78, 5) is 2.37. The molecule has 3 heteroatoms. The molecule has 2 heterocycles. The van der Waals surface area contributed by atoms with Crippen LogP contribution in [-0.4, -0.2) is 0 Å². The van der Waals surface area contributed by atoms with Gasteiger partial charge in [-0.05, 0) is 99.8 Å². The summed E-state index contributed by atoms with van der Waals surface area (Å²) >= 11 is 1.85. The second kappa shape index (κ2) is 11.2. The predicted octanol–water partition coefficient (Wildman–Crippen LogP) is 13.9. The molecule has 0 spiro atoms. The standard InChI is InChI=1S/C46H29NOS/c1-2-10-32-27-34(20-19-30(32)9-1)33-11-7-12-37(28-33)47(41-15-8-17-43-46(41)39-14-3-5-16-42(39)48-43)36-24-21-31(22-25-36)35-23-26-45-40(29-35)38-13-4-6-18-44(38)49-45/h1-29H. The molecule has 10 rings (SSSR count). The number of fused-ring (bicyclic) bond motifs is 7. The Bertz CT molecular complexity index is 2840. The minimum Gasteiger partial charge on any atom is -0.456 e. The van der Waals surface area contributed by atoms with Crippen molar-refractivity contribution in [1.29, 1.82) is 0 Å². The monoisotopic (exact) mass is 643 g/mol. The summed E-state index contributed by atoms with van der Waals surface area (Å²) in [5, 5.41) is 7.33. The molecular formula is C46H29NOS. The van der Waals surface area contributed by atoms with E-state index in [9.17, 15) is 0 Å². The first-order valence-electron chi connectivity index (χ1n) is 16.6. The number of para-hydroxylation sites is 1. The Morgan fingerprint density at radius 2 is 1.06 bits per heavy atom. The second-order valence-electron chi connectivity index (χ2n) is 12.6. The molecule has 230 valence electrons. The average Bonchev–Trinajstić information content (AvgIpc) is 3.74. The molecule has 0 aliphatic heterocycles. The molecule has 8 aromatic carbocycles. The van der Waals surface area contributed by atoms with E-state index in [1.807, 2.05) is 23.5 Å². The topological polar surface area (TPSA) is 16.4 Å². The van der Waals surface area contributed by atoms with Gasteiger partial charge in [0.05, 0.1) is 11.1 Å². The maximum Gasteiger partial charge on any atom is 0.137 e. The third-order valence-corrected chi connectivity index (χ3v) is 10.8. The molecule has 0 fully saturated rings. The Morgan fingerprint density at radius 3 is 1.98 bits per heavy atom. The molecule has 0 amide bonds. The maximum absolute atomic E-state index is 6.36. The highest BCUT2D eigenvalue weighted by Gasteiger charge is 2.20. The minimum absolute atomic E-state index is 0.877. The Kier molecular flexibility index (Phi) is 6.39. The van der Waals surface area contributed by atoms with Crippen LogP contribution >= 0.6 is 11.3 Å². The van der Waals surface area contributed by atoms with Crippen LogP contribution in [0.3, 0.4) is 0 Å². The van der Waals surface area contributed by atoms with Crippen molar-refractivity contribution in [2.24, 2.45) is 0 Å². The van der Waals surface area contributed by atoms with Crippen LogP contribution in [0, 0.1) is 0 Å². The first-order chi connectivity index (χ1) is 24.3. The molecule has 0 N–H and O–H groups in total. The van der Waals surface area contributed by atoms with Crippen molar-refractivity contribution < 1.29 is 4.42 Å². The molecule has 0 unspecified atom stereocenters. The van der Waals surface area contributed by atoms with Crippen molar-refractivity contribution in [3.63, 3.8) is 0 Å². The zero-order valence-corrected chi connectivity index (χ0v) is 27.3. The summed E-state index contributed by atoms with van der Waals surface area (Å²) in [5.41, 5.74) is 9.79. The second-order valence-corrected chi connectivity index (χ2v) is 13.6. The van der Waals surface area contributed by atoms with E-state index in [4.69, 9.17) is 4.42 Å². The van der Waals surface area contributed by atoms with Crippen molar-refractivity contribution in [3.8, 4) is 22.3 Å². The van der Waals surface area contributed by atoms with Crippen molar-refractivity contribution in [3.05, 3.63) is 176 Å². The van der Waals surface area contributed by atoms with E-state index in [1.165, 1.54) is 53.2 Å². The van der Waals surface area contributed by atoms with Gasteiger partial charge in [-0.25, -0.2) is 0 Å². The van der Waals surface area contributed by atoms with Gasteiger partial charge in [0.1, 0.15) is 11.2 Å². The van der Waals surface area contributed by atoms with Gasteiger partial charge in [-0.1, -0.05) is 109 Å². The van der Waals surface area contributed by atoms with Crippen molar-refractivity contribution in [1.82, 2.24) is 0 Å². The van der Waals surface area contributed by atoms with Crippen LogP contribution in [0.5, 0.6) is 0 Å². The van der Waals surface area contributed by atoms with Gasteiger partial charge in [-0.15, -0.1) is 11.3 Å². The molecular weight excluding hydrogens is 615 g/mol. The number of thiophene rings is 1. The number of furan rings is 1. The van der Waals surface area contributed by atoms with E-state index in [0.717, 1.165) is 39.0 Å². The molecule has 0 aliphatic carbocycles. The highest BCUT2D eigenvalue weighted by molar-refractivity contribution is 7.25. The zero-order chi connectivity index (χ0) is 32.3. The number of hydrogen-bond acceptors (Lipinski definition) is 3. The number of nitrogens with zero attached hydrogens (tertiary/aromatic N) is 1. The van der Waals surface area contributed by atoms with Gasteiger partial charge in [-0.2, -0.15) is 0 Å². The van der Waals surface area contributed by atoms with Gasteiger partial charge in [0, 0.05) is 36.9 Å². The Morgan fingerprint density at radius 1 is 0.388 bits per heavy atom. The highest BCUT2D eigenvalue weighted by atomic mass is 32.1. The van der Waals surface area contributed by atoms with Gasteiger partial charge in [0.2, 0.25) is 0 Å². The highest BCUT2D eigenvalue weighted by Crippen LogP contribution is 2.44. The zero-order valence-electron chi connectivity index (χ0n) is 26.5. The van der Waals surface area contributed by atoms with Crippen LogP contribution in [0.15, 0.2) is 180 Å². The minimum atomic E-state index is 0.877. The Hall–Kier alpha value is -6.16. The summed E-state index contributed by atoms with van der Waals surface area (Å²) in [6.07, 6.45) is 0. The van der Waals surface area contributed by atoms with Gasteiger partial charge in [0.25, 0.3) is 0 Å². The van der Waals surface area contributed by atoms with E-state index in [-0.39, 0.29) is 0 Å². The molecule has 0 saturated carbocycles. The third-order valence-electron chi connectivity index (χ3n) is 9.64. The van der Waals surface area contributed by atoms with Gasteiger partial charge in [-0.3, -0.25) is 0 Å². The fraction of sp³-hybridized carbons (Fsp3) is 0.